The summed E-state index contributed by atoms with van der Waals surface area (Å²) >= 11 is 3.41. The van der Waals surface area contributed by atoms with Gasteiger partial charge in [0, 0.05) is 22.9 Å². The average Bonchev–Trinajstić information content (AvgIpc) is 3.86. The Bertz CT molecular complexity index is 1390. The van der Waals surface area contributed by atoms with Crippen molar-refractivity contribution in [2.45, 2.75) is 69.3 Å². The number of nitrogens with one attached hydrogen (secondary N) is 3. The van der Waals surface area contributed by atoms with E-state index in [1.807, 2.05) is 12.1 Å². The fraction of sp³-hybridized carbons (Fsp3) is 0.586. The monoisotopic (exact) mass is 682 g/mol. The maximum Gasteiger partial charge on any atom is 0.407 e. The van der Waals surface area contributed by atoms with Crippen molar-refractivity contribution in [1.29, 1.82) is 0 Å². The van der Waals surface area contributed by atoms with Crippen LogP contribution in [-0.4, -0.2) is 80.3 Å². The standard InChI is InChI=1S/C29H39BrN4O8S/c1-6-18-14-29(18,26(37)33-43(39,40)21-10-11-21)32-24(35)22-12-17(16-42-20-9-7-8-19(30)13-20)15-34(22)25(36)23(28(2,3)4)31-27(38)41-5/h6-9,13,17-18,21-23H,1,10-12,14-16H2,2-5H3,(H,31,38)(H,32,35)(H,33,37)/t17-,18+,22+,23-,29-/m1/s1. The van der Waals surface area contributed by atoms with Crippen LogP contribution in [-0.2, 0) is 29.1 Å². The molecule has 0 radical (unpaired) electrons. The number of benzene rings is 1. The quantitative estimate of drug-likeness (QED) is 0.300. The highest BCUT2D eigenvalue weighted by Gasteiger charge is 2.62. The summed E-state index contributed by atoms with van der Waals surface area (Å²) in [5.74, 6) is -2.04. The predicted molar refractivity (Wildman–Crippen MR) is 161 cm³/mol. The SMILES string of the molecule is C=C[C@H]1C[C@]1(NC(=O)[C@@H]1C[C@@H](COc2cccc(Br)c2)CN1C(=O)[C@@H](NC(=O)OC)C(C)(C)C)C(=O)NS(=O)(=O)C1CC1. The Kier molecular flexibility index (Phi) is 9.50. The van der Waals surface area contributed by atoms with Crippen molar-refractivity contribution in [1.82, 2.24) is 20.3 Å². The topological polar surface area (TPSA) is 160 Å². The van der Waals surface area contributed by atoms with E-state index in [0.29, 0.717) is 18.6 Å². The lowest BCUT2D eigenvalue weighted by molar-refractivity contribution is -0.142. The minimum Gasteiger partial charge on any atom is -0.493 e. The van der Waals surface area contributed by atoms with Gasteiger partial charge in [-0.15, -0.1) is 6.58 Å². The smallest absolute Gasteiger partial charge is 0.407 e. The molecule has 2 aliphatic carbocycles. The van der Waals surface area contributed by atoms with Gasteiger partial charge in [-0.3, -0.25) is 19.1 Å². The summed E-state index contributed by atoms with van der Waals surface area (Å²) in [6.07, 6.45) is 2.07. The number of carbonyl (C=O) groups is 4. The maximum absolute atomic E-state index is 14.0. The van der Waals surface area contributed by atoms with Crippen LogP contribution in [0.4, 0.5) is 4.79 Å². The number of hydrogen-bond acceptors (Lipinski definition) is 8. The summed E-state index contributed by atoms with van der Waals surface area (Å²) in [6.45, 7) is 9.43. The van der Waals surface area contributed by atoms with Gasteiger partial charge >= 0.3 is 6.09 Å². The van der Waals surface area contributed by atoms with E-state index in [4.69, 9.17) is 9.47 Å². The first-order valence-electron chi connectivity index (χ1n) is 14.1. The second kappa shape index (κ2) is 12.5. The van der Waals surface area contributed by atoms with Crippen molar-refractivity contribution in [3.8, 4) is 5.75 Å². The van der Waals surface area contributed by atoms with Gasteiger partial charge in [0.25, 0.3) is 5.91 Å². The Hall–Kier alpha value is -3.13. The van der Waals surface area contributed by atoms with E-state index in [-0.39, 0.29) is 31.9 Å². The van der Waals surface area contributed by atoms with E-state index >= 15 is 0 Å². The molecule has 3 aliphatic rings. The number of ether oxygens (including phenoxy) is 2. The lowest BCUT2D eigenvalue weighted by Gasteiger charge is -2.35. The molecule has 12 nitrogen and oxygen atoms in total. The molecular weight excluding hydrogens is 644 g/mol. The molecule has 0 aromatic heterocycles. The van der Waals surface area contributed by atoms with Crippen LogP contribution in [0.2, 0.25) is 0 Å². The van der Waals surface area contributed by atoms with Crippen LogP contribution in [0.5, 0.6) is 5.75 Å². The summed E-state index contributed by atoms with van der Waals surface area (Å²) in [4.78, 5) is 54.6. The highest BCUT2D eigenvalue weighted by atomic mass is 79.9. The first kappa shape index (κ1) is 32.8. The van der Waals surface area contributed by atoms with Gasteiger partial charge in [0.2, 0.25) is 21.8 Å². The second-order valence-corrected chi connectivity index (χ2v) is 15.4. The van der Waals surface area contributed by atoms with Crippen LogP contribution in [0.25, 0.3) is 0 Å². The van der Waals surface area contributed by atoms with Crippen LogP contribution >= 0.6 is 15.9 Å². The van der Waals surface area contributed by atoms with Gasteiger partial charge in [0.1, 0.15) is 23.4 Å². The van der Waals surface area contributed by atoms with Gasteiger partial charge in [0.15, 0.2) is 0 Å². The predicted octanol–water partition coefficient (Wildman–Crippen LogP) is 2.49. The number of rotatable bonds is 11. The first-order chi connectivity index (χ1) is 20.1. The fourth-order valence-electron chi connectivity index (χ4n) is 5.32. The number of alkyl carbamates (subject to hydrolysis) is 1. The van der Waals surface area contributed by atoms with E-state index < -0.39 is 68.0 Å². The van der Waals surface area contributed by atoms with Crippen LogP contribution in [0.15, 0.2) is 41.4 Å². The van der Waals surface area contributed by atoms with Crippen molar-refractivity contribution < 1.29 is 37.1 Å². The van der Waals surface area contributed by atoms with Crippen LogP contribution in [0, 0.1) is 17.3 Å². The fourth-order valence-corrected chi connectivity index (χ4v) is 7.06. The summed E-state index contributed by atoms with van der Waals surface area (Å²) in [5, 5.41) is 4.75. The molecule has 2 saturated carbocycles. The van der Waals surface area contributed by atoms with E-state index in [1.165, 1.54) is 18.1 Å². The minimum absolute atomic E-state index is 0.153. The number of sulfonamides is 1. The molecule has 4 rings (SSSR count). The van der Waals surface area contributed by atoms with Crippen LogP contribution in [0.1, 0.15) is 46.5 Å². The molecule has 14 heteroatoms. The number of likely N-dealkylation sites (tertiary alicyclic amines) is 1. The molecule has 3 N–H and O–H groups in total. The number of halogens is 1. The molecule has 4 amide bonds. The van der Waals surface area contributed by atoms with Crippen molar-refractivity contribution >= 4 is 49.8 Å². The summed E-state index contributed by atoms with van der Waals surface area (Å²) in [7, 11) is -2.65. The van der Waals surface area contributed by atoms with Gasteiger partial charge < -0.3 is 25.0 Å². The van der Waals surface area contributed by atoms with E-state index in [9.17, 15) is 27.6 Å². The average molecular weight is 684 g/mol. The molecule has 0 spiro atoms. The Morgan fingerprint density at radius 2 is 1.93 bits per heavy atom. The molecule has 1 aromatic carbocycles. The van der Waals surface area contributed by atoms with Gasteiger partial charge in [-0.1, -0.05) is 48.8 Å². The second-order valence-electron chi connectivity index (χ2n) is 12.5. The first-order valence-corrected chi connectivity index (χ1v) is 16.5. The molecular formula is C29H39BrN4O8S. The number of carbonyl (C=O) groups excluding carboxylic acids is 4. The number of amides is 4. The lowest BCUT2D eigenvalue weighted by Crippen LogP contribution is -2.60. The van der Waals surface area contributed by atoms with Crippen molar-refractivity contribution in [2.75, 3.05) is 20.3 Å². The minimum atomic E-state index is -3.85. The Morgan fingerprint density at radius 3 is 2.49 bits per heavy atom. The lowest BCUT2D eigenvalue weighted by atomic mass is 9.85. The van der Waals surface area contributed by atoms with Gasteiger partial charge in [-0.25, -0.2) is 13.2 Å². The van der Waals surface area contributed by atoms with E-state index in [1.54, 1.807) is 32.9 Å². The highest BCUT2D eigenvalue weighted by Crippen LogP contribution is 2.45. The van der Waals surface area contributed by atoms with Crippen molar-refractivity contribution in [2.24, 2.45) is 17.3 Å². The largest absolute Gasteiger partial charge is 0.493 e. The molecule has 1 heterocycles. The van der Waals surface area contributed by atoms with Gasteiger partial charge in [-0.05, 0) is 49.3 Å². The number of methoxy groups -OCH3 is 1. The normalized spacial score (nSPS) is 25.7. The zero-order valence-corrected chi connectivity index (χ0v) is 27.1. The van der Waals surface area contributed by atoms with Crippen molar-refractivity contribution in [3.05, 3.63) is 41.4 Å². The third kappa shape index (κ3) is 7.51. The molecule has 43 heavy (non-hydrogen) atoms. The van der Waals surface area contributed by atoms with Crippen molar-refractivity contribution in [3.63, 3.8) is 0 Å². The molecule has 0 bridgehead atoms. The van der Waals surface area contributed by atoms with Crippen LogP contribution < -0.4 is 20.1 Å². The third-order valence-corrected chi connectivity index (χ3v) is 10.4. The van der Waals surface area contributed by atoms with Gasteiger partial charge in [-0.2, -0.15) is 0 Å². The number of nitrogens with zero attached hydrogens (tertiary/aromatic N) is 1. The molecule has 1 aliphatic heterocycles. The zero-order valence-electron chi connectivity index (χ0n) is 24.7. The number of hydrogen-bond donors (Lipinski definition) is 3. The maximum atomic E-state index is 14.0. The molecule has 1 aromatic rings. The summed E-state index contributed by atoms with van der Waals surface area (Å²) < 4.78 is 38.7. The Morgan fingerprint density at radius 1 is 1.23 bits per heavy atom. The Balaban J connectivity index is 1.57. The third-order valence-electron chi connectivity index (χ3n) is 8.06. The Labute approximate surface area is 260 Å². The molecule has 236 valence electrons. The summed E-state index contributed by atoms with van der Waals surface area (Å²) in [5.41, 5.74) is -2.23. The van der Waals surface area contributed by atoms with E-state index in [2.05, 4.69) is 37.9 Å². The molecule has 3 fully saturated rings. The zero-order chi connectivity index (χ0) is 31.7. The highest BCUT2D eigenvalue weighted by molar-refractivity contribution is 9.10. The molecule has 5 atom stereocenters. The van der Waals surface area contributed by atoms with E-state index in [0.717, 1.165) is 4.47 Å². The van der Waals surface area contributed by atoms with Crippen LogP contribution in [0.3, 0.4) is 0 Å². The summed E-state index contributed by atoms with van der Waals surface area (Å²) in [6, 6.07) is 5.25. The molecule has 0 unspecified atom stereocenters. The molecule has 1 saturated heterocycles. The van der Waals surface area contributed by atoms with Gasteiger partial charge in [0.05, 0.1) is 19.0 Å².